The molecule has 0 heterocycles. The molecule has 0 radical (unpaired) electrons. The summed E-state index contributed by atoms with van der Waals surface area (Å²) in [7, 11) is 0. The molecule has 0 aromatic heterocycles. The van der Waals surface area contributed by atoms with Gasteiger partial charge in [-0.25, -0.2) is 0 Å². The molecule has 10 heavy (non-hydrogen) atoms. The Kier molecular flexibility index (Phi) is 5.71. The molecule has 0 amide bonds. The van der Waals surface area contributed by atoms with E-state index in [9.17, 15) is 0 Å². The van der Waals surface area contributed by atoms with E-state index in [0.29, 0.717) is 4.79 Å². The van der Waals surface area contributed by atoms with Crippen LogP contribution in [0.3, 0.4) is 0 Å². The molecule has 60 valence electrons. The van der Waals surface area contributed by atoms with Crippen molar-refractivity contribution in [2.24, 2.45) is 23.2 Å². The second kappa shape index (κ2) is 5.21. The van der Waals surface area contributed by atoms with E-state index in [0.717, 1.165) is 0 Å². The predicted octanol–water partition coefficient (Wildman–Crippen LogP) is -3.22. The van der Waals surface area contributed by atoms with Crippen LogP contribution >= 0.6 is 0 Å². The molecule has 0 saturated carbocycles. The molecule has 0 atom stereocenters. The molecular formula is CH8N6O3. The largest absolute Gasteiger partial charge is 0.385 e. The van der Waals surface area contributed by atoms with Crippen LogP contribution in [0.25, 0.3) is 0 Å². The number of rotatable bonds is 0. The highest BCUT2D eigenvalue weighted by Crippen LogP contribution is 1.44. The van der Waals surface area contributed by atoms with Crippen molar-refractivity contribution in [1.82, 2.24) is 0 Å². The molecule has 0 saturated heterocycles. The minimum absolute atomic E-state index is 0.102. The van der Waals surface area contributed by atoms with E-state index in [1.807, 2.05) is 0 Å². The summed E-state index contributed by atoms with van der Waals surface area (Å²) in [6.07, 6.45) is 0. The highest BCUT2D eigenvalue weighted by molar-refractivity contribution is 5.69. The van der Waals surface area contributed by atoms with Crippen molar-refractivity contribution >= 4 is 5.96 Å². The highest BCUT2D eigenvalue weighted by Gasteiger charge is 1.84. The maximum Gasteiger partial charge on any atom is 0.385 e. The van der Waals surface area contributed by atoms with Crippen LogP contribution in [-0.4, -0.2) is 15.8 Å². The molecule has 0 spiro atoms. The Hall–Kier alpha value is -1.93. The van der Waals surface area contributed by atoms with E-state index in [1.165, 1.54) is 0 Å². The zero-order valence-corrected chi connectivity index (χ0v) is 4.93. The van der Waals surface area contributed by atoms with E-state index >= 15 is 0 Å². The Bertz CT molecular complexity index is 118. The fraction of sp³-hybridized carbons (Fsp3) is 0. The van der Waals surface area contributed by atoms with Crippen molar-refractivity contribution < 1.29 is 9.88 Å². The van der Waals surface area contributed by atoms with E-state index < -0.39 is 5.09 Å². The van der Waals surface area contributed by atoms with Gasteiger partial charge in [0.1, 0.15) is 0 Å². The van der Waals surface area contributed by atoms with Gasteiger partial charge >= 0.3 is 5.96 Å². The van der Waals surface area contributed by atoms with Crippen molar-refractivity contribution in [3.63, 3.8) is 0 Å². The lowest BCUT2D eigenvalue weighted by atomic mass is 11.1. The predicted molar refractivity (Wildman–Crippen MR) is 32.4 cm³/mol. The van der Waals surface area contributed by atoms with E-state index in [4.69, 9.17) is 38.5 Å². The first-order valence-corrected chi connectivity index (χ1v) is 1.87. The lowest BCUT2D eigenvalue weighted by Gasteiger charge is -1.86. The summed E-state index contributed by atoms with van der Waals surface area (Å²) in [5.41, 5.74) is 9.61. The van der Waals surface area contributed by atoms with Gasteiger partial charge in [-0.1, -0.05) is 4.79 Å². The molecule has 0 aliphatic heterocycles. The zero-order valence-electron chi connectivity index (χ0n) is 4.93. The normalized spacial score (nSPS) is 6.80. The zero-order chi connectivity index (χ0) is 8.73. The quantitative estimate of drug-likeness (QED) is 0.0704. The second-order valence-electron chi connectivity index (χ2n) is 1.06. The van der Waals surface area contributed by atoms with Crippen molar-refractivity contribution in [2.75, 3.05) is 0 Å². The van der Waals surface area contributed by atoms with Crippen LogP contribution in [0.15, 0.2) is 0 Å². The third-order valence-corrected chi connectivity index (χ3v) is 0.298. The van der Waals surface area contributed by atoms with Gasteiger partial charge in [-0.05, 0) is 0 Å². The van der Waals surface area contributed by atoms with Gasteiger partial charge in [0.15, 0.2) is 0 Å². The number of hydrazine groups is 2. The van der Waals surface area contributed by atoms with Gasteiger partial charge < -0.3 is 15.3 Å². The van der Waals surface area contributed by atoms with E-state index in [1.54, 1.807) is 0 Å². The van der Waals surface area contributed by atoms with Crippen LogP contribution in [0.5, 0.6) is 0 Å². The molecule has 0 aliphatic rings. The van der Waals surface area contributed by atoms with Crippen molar-refractivity contribution in [1.29, 1.82) is 0 Å². The molecule has 9 heteroatoms. The standard InChI is InChI=1S/CH7N5.NO3/c2-1(3)6(4)5;2-1(3)4/h4-5H2,(H3,2,3);/q;-1/p+1. The summed E-state index contributed by atoms with van der Waals surface area (Å²) >= 11 is 0. The lowest BCUT2D eigenvalue weighted by Crippen LogP contribution is -2.43. The highest BCUT2D eigenvalue weighted by atomic mass is 16.9. The summed E-state index contributed by atoms with van der Waals surface area (Å²) in [6.45, 7) is 0. The van der Waals surface area contributed by atoms with E-state index in [2.05, 4.69) is 0 Å². The number of guanidine groups is 1. The summed E-state index contributed by atoms with van der Waals surface area (Å²) in [4.78, 5) is 8.89. The first-order valence-electron chi connectivity index (χ1n) is 1.87. The average molecular weight is 152 g/mol. The fourth-order valence-corrected chi connectivity index (χ4v) is 0. The summed E-state index contributed by atoms with van der Waals surface area (Å²) in [5, 5.41) is 14.8. The Morgan fingerprint density at radius 2 is 1.30 bits per heavy atom. The third-order valence-electron chi connectivity index (χ3n) is 0.298. The second-order valence-corrected chi connectivity index (χ2v) is 1.06. The maximum absolute atomic E-state index is 8.25. The Labute approximate surface area is 55.6 Å². The maximum atomic E-state index is 8.25. The molecule has 0 aromatic carbocycles. The fourth-order valence-electron chi connectivity index (χ4n) is 0. The summed E-state index contributed by atoms with van der Waals surface area (Å²) in [5.74, 6) is 9.42. The lowest BCUT2D eigenvalue weighted by molar-refractivity contribution is -0.553. The summed E-state index contributed by atoms with van der Waals surface area (Å²) in [6, 6.07) is 0. The number of hydrogen-bond donors (Lipinski definition) is 4. The molecule has 0 unspecified atom stereocenters. The van der Waals surface area contributed by atoms with Crippen LogP contribution in [0.1, 0.15) is 0 Å². The molecule has 0 fully saturated rings. The van der Waals surface area contributed by atoms with Gasteiger partial charge in [0, 0.05) is 0 Å². The average Bonchev–Trinajstić information content (AvgIpc) is 1.63. The molecule has 9 nitrogen and oxygen atoms in total. The van der Waals surface area contributed by atoms with Crippen LogP contribution in [0.2, 0.25) is 0 Å². The Morgan fingerprint density at radius 1 is 1.20 bits per heavy atom. The third kappa shape index (κ3) is 36.4. The van der Waals surface area contributed by atoms with Crippen LogP contribution in [0.4, 0.5) is 0 Å². The van der Waals surface area contributed by atoms with E-state index in [-0.39, 0.29) is 5.96 Å². The van der Waals surface area contributed by atoms with Gasteiger partial charge in [-0.2, -0.15) is 0 Å². The van der Waals surface area contributed by atoms with Crippen LogP contribution in [0, 0.1) is 15.3 Å². The van der Waals surface area contributed by atoms with Crippen molar-refractivity contribution in [3.05, 3.63) is 15.3 Å². The molecule has 8 N–H and O–H groups in total. The molecular weight excluding hydrogens is 144 g/mol. The Morgan fingerprint density at radius 3 is 1.30 bits per heavy atom. The monoisotopic (exact) mass is 152 g/mol. The van der Waals surface area contributed by atoms with Crippen LogP contribution in [-0.2, 0) is 0 Å². The number of nitrogens with zero attached hydrogens (tertiary/aromatic N) is 2. The smallest absolute Gasteiger partial charge is 0.356 e. The number of hydrogen-bond acceptors (Lipinski definition) is 5. The van der Waals surface area contributed by atoms with Gasteiger partial charge in [0.05, 0.1) is 5.09 Å². The van der Waals surface area contributed by atoms with Gasteiger partial charge in [-0.15, -0.1) is 0 Å². The number of hydrazone groups is 2. The number of nitrogens with two attached hydrogens (primary N) is 4. The van der Waals surface area contributed by atoms with Gasteiger partial charge in [-0.3, -0.25) is 23.2 Å². The molecule has 0 rings (SSSR count). The van der Waals surface area contributed by atoms with Crippen LogP contribution < -0.4 is 23.2 Å². The Balaban J connectivity index is 0. The van der Waals surface area contributed by atoms with Gasteiger partial charge in [0.2, 0.25) is 0 Å². The first-order chi connectivity index (χ1) is 4.37. The summed E-state index contributed by atoms with van der Waals surface area (Å²) < 4.78 is 0. The minimum Gasteiger partial charge on any atom is -0.356 e. The first kappa shape index (κ1) is 10.9. The molecule has 0 aromatic rings. The van der Waals surface area contributed by atoms with Crippen molar-refractivity contribution in [3.8, 4) is 0 Å². The van der Waals surface area contributed by atoms with Gasteiger partial charge in [0.25, 0.3) is 0 Å². The molecule has 0 bridgehead atoms. The van der Waals surface area contributed by atoms with Crippen molar-refractivity contribution in [2.45, 2.75) is 0 Å². The molecule has 0 aliphatic carbocycles. The topological polar surface area (TPSA) is 173 Å². The SMILES string of the molecule is NC(N)=[N+](N)N.O=[N+]([O-])[O-]. The minimum atomic E-state index is -1.75.